The van der Waals surface area contributed by atoms with Crippen molar-refractivity contribution in [3.63, 3.8) is 0 Å². The van der Waals surface area contributed by atoms with Gasteiger partial charge in [0.1, 0.15) is 5.75 Å². The third-order valence-electron chi connectivity index (χ3n) is 2.51. The molecule has 0 spiro atoms. The van der Waals surface area contributed by atoms with E-state index < -0.39 is 5.97 Å². The summed E-state index contributed by atoms with van der Waals surface area (Å²) in [4.78, 5) is 21.8. The van der Waals surface area contributed by atoms with Crippen LogP contribution in [0.15, 0.2) is 24.3 Å². The van der Waals surface area contributed by atoms with Crippen molar-refractivity contribution in [2.45, 2.75) is 12.7 Å². The third kappa shape index (κ3) is 6.35. The summed E-state index contributed by atoms with van der Waals surface area (Å²) >= 11 is 1.42. The topological polar surface area (TPSA) is 72.8 Å². The van der Waals surface area contributed by atoms with Crippen molar-refractivity contribution < 1.29 is 24.2 Å². The molecule has 1 aromatic rings. The van der Waals surface area contributed by atoms with Crippen LogP contribution in [0.4, 0.5) is 0 Å². The van der Waals surface area contributed by atoms with E-state index in [1.807, 2.05) is 6.07 Å². The second-order valence-electron chi connectivity index (χ2n) is 4.04. The van der Waals surface area contributed by atoms with Crippen molar-refractivity contribution in [3.05, 3.63) is 35.4 Å². The minimum absolute atomic E-state index is 0.247. The molecule has 21 heavy (non-hydrogen) atoms. The van der Waals surface area contributed by atoms with Gasteiger partial charge in [-0.1, -0.05) is 6.07 Å². The fourth-order valence-corrected chi connectivity index (χ4v) is 2.43. The predicted molar refractivity (Wildman–Crippen MR) is 82.5 cm³/mol. The highest BCUT2D eigenvalue weighted by molar-refractivity contribution is 7.99. The molecule has 0 amide bonds. The molecule has 1 N–H and O–H groups in total. The first-order chi connectivity index (χ1) is 10.1. The molecule has 0 aliphatic rings. The second kappa shape index (κ2) is 9.07. The van der Waals surface area contributed by atoms with Crippen molar-refractivity contribution in [2.24, 2.45) is 0 Å². The summed E-state index contributed by atoms with van der Waals surface area (Å²) in [6.45, 7) is 2.14. The number of carboxylic acids is 1. The molecular formula is C15H18O5S. The van der Waals surface area contributed by atoms with Gasteiger partial charge in [-0.25, -0.2) is 4.79 Å². The van der Waals surface area contributed by atoms with E-state index in [1.54, 1.807) is 26.2 Å². The van der Waals surface area contributed by atoms with Gasteiger partial charge in [0.2, 0.25) is 0 Å². The summed E-state index contributed by atoms with van der Waals surface area (Å²) < 4.78 is 10.1. The number of esters is 1. The zero-order chi connectivity index (χ0) is 15.7. The predicted octanol–water partition coefficient (Wildman–Crippen LogP) is 2.59. The number of aliphatic carboxylic acids is 1. The highest BCUT2D eigenvalue weighted by Crippen LogP contribution is 2.25. The molecule has 0 aliphatic carbocycles. The maximum atomic E-state index is 11.3. The maximum absolute atomic E-state index is 11.3. The molecule has 0 aromatic heterocycles. The summed E-state index contributed by atoms with van der Waals surface area (Å²) in [5, 5.41) is 8.63. The summed E-state index contributed by atoms with van der Waals surface area (Å²) in [6.07, 6.45) is 2.60. The lowest BCUT2D eigenvalue weighted by Gasteiger charge is -2.09. The van der Waals surface area contributed by atoms with E-state index in [0.29, 0.717) is 18.1 Å². The van der Waals surface area contributed by atoms with Gasteiger partial charge < -0.3 is 14.6 Å². The number of benzene rings is 1. The van der Waals surface area contributed by atoms with Gasteiger partial charge in [0.25, 0.3) is 0 Å². The summed E-state index contributed by atoms with van der Waals surface area (Å²) in [5.41, 5.74) is 1.67. The molecule has 0 unspecified atom stereocenters. The van der Waals surface area contributed by atoms with Crippen LogP contribution in [0.3, 0.4) is 0 Å². The Morgan fingerprint density at radius 2 is 2.14 bits per heavy atom. The Morgan fingerprint density at radius 1 is 1.38 bits per heavy atom. The van der Waals surface area contributed by atoms with Gasteiger partial charge in [-0.3, -0.25) is 4.79 Å². The first-order valence-corrected chi connectivity index (χ1v) is 7.53. The normalized spacial score (nSPS) is 10.6. The zero-order valence-corrected chi connectivity index (χ0v) is 12.8. The van der Waals surface area contributed by atoms with E-state index >= 15 is 0 Å². The number of carbonyl (C=O) groups excluding carboxylic acids is 1. The van der Waals surface area contributed by atoms with Crippen LogP contribution in [0.5, 0.6) is 5.75 Å². The lowest BCUT2D eigenvalue weighted by atomic mass is 10.1. The van der Waals surface area contributed by atoms with E-state index in [9.17, 15) is 9.59 Å². The van der Waals surface area contributed by atoms with Gasteiger partial charge in [-0.15, -0.1) is 11.8 Å². The molecule has 0 fully saturated rings. The zero-order valence-electron chi connectivity index (χ0n) is 12.0. The summed E-state index contributed by atoms with van der Waals surface area (Å²) in [7, 11) is 1.57. The van der Waals surface area contributed by atoms with Crippen molar-refractivity contribution in [2.75, 3.05) is 19.5 Å². The Bertz CT molecular complexity index is 525. The van der Waals surface area contributed by atoms with Crippen LogP contribution in [-0.4, -0.2) is 36.5 Å². The van der Waals surface area contributed by atoms with Crippen LogP contribution in [0.1, 0.15) is 18.1 Å². The lowest BCUT2D eigenvalue weighted by Crippen LogP contribution is -2.06. The number of methoxy groups -OCH3 is 1. The standard InChI is InChI=1S/C15H18O5S/c1-3-20-15(18)10-21-9-12-8-11(5-7-14(16)17)4-6-13(12)19-2/h4-8H,3,9-10H2,1-2H3,(H,16,17). The van der Waals surface area contributed by atoms with Crippen molar-refractivity contribution >= 4 is 29.8 Å². The molecule has 6 heteroatoms. The Kier molecular flexibility index (Phi) is 7.39. The maximum Gasteiger partial charge on any atom is 0.328 e. The minimum Gasteiger partial charge on any atom is -0.496 e. The molecule has 0 saturated carbocycles. The van der Waals surface area contributed by atoms with E-state index in [1.165, 1.54) is 17.8 Å². The molecule has 114 valence electrons. The van der Waals surface area contributed by atoms with Crippen LogP contribution in [-0.2, 0) is 20.1 Å². The smallest absolute Gasteiger partial charge is 0.328 e. The van der Waals surface area contributed by atoms with E-state index in [4.69, 9.17) is 14.6 Å². The molecule has 0 atom stereocenters. The molecule has 0 aliphatic heterocycles. The van der Waals surface area contributed by atoms with Crippen LogP contribution >= 0.6 is 11.8 Å². The number of ether oxygens (including phenoxy) is 2. The summed E-state index contributed by atoms with van der Waals surface area (Å²) in [5.74, 6) is 0.314. The molecule has 1 rings (SSSR count). The van der Waals surface area contributed by atoms with E-state index in [0.717, 1.165) is 17.2 Å². The van der Waals surface area contributed by atoms with E-state index in [2.05, 4.69) is 0 Å². The monoisotopic (exact) mass is 310 g/mol. The van der Waals surface area contributed by atoms with Gasteiger partial charge in [0.05, 0.1) is 19.5 Å². The van der Waals surface area contributed by atoms with Gasteiger partial charge in [-0.2, -0.15) is 0 Å². The third-order valence-corrected chi connectivity index (χ3v) is 3.46. The van der Waals surface area contributed by atoms with Gasteiger partial charge in [0, 0.05) is 17.4 Å². The minimum atomic E-state index is -0.996. The largest absolute Gasteiger partial charge is 0.496 e. The van der Waals surface area contributed by atoms with Crippen molar-refractivity contribution in [1.29, 1.82) is 0 Å². The summed E-state index contributed by atoms with van der Waals surface area (Å²) in [6, 6.07) is 5.40. The first kappa shape index (κ1) is 17.1. The Balaban J connectivity index is 2.71. The Hall–Kier alpha value is -1.95. The Morgan fingerprint density at radius 3 is 2.76 bits per heavy atom. The fraction of sp³-hybridized carbons (Fsp3) is 0.333. The average molecular weight is 310 g/mol. The van der Waals surface area contributed by atoms with Gasteiger partial charge in [0.15, 0.2) is 0 Å². The SMILES string of the molecule is CCOC(=O)CSCc1cc(C=CC(=O)O)ccc1OC. The lowest BCUT2D eigenvalue weighted by molar-refractivity contribution is -0.139. The van der Waals surface area contributed by atoms with E-state index in [-0.39, 0.29) is 11.7 Å². The number of carboxylic acid groups (broad SMARTS) is 1. The average Bonchev–Trinajstić information content (AvgIpc) is 2.45. The fourth-order valence-electron chi connectivity index (χ4n) is 1.63. The Labute approximate surface area is 127 Å². The number of thioether (sulfide) groups is 1. The quantitative estimate of drug-likeness (QED) is 0.588. The van der Waals surface area contributed by atoms with Crippen LogP contribution in [0.2, 0.25) is 0 Å². The molecule has 1 aromatic carbocycles. The van der Waals surface area contributed by atoms with Crippen LogP contribution in [0, 0.1) is 0 Å². The second-order valence-corrected chi connectivity index (χ2v) is 5.03. The van der Waals surface area contributed by atoms with Gasteiger partial charge in [-0.05, 0) is 30.7 Å². The molecule has 0 radical (unpaired) electrons. The first-order valence-electron chi connectivity index (χ1n) is 6.38. The van der Waals surface area contributed by atoms with Crippen molar-refractivity contribution in [3.8, 4) is 5.75 Å². The number of rotatable bonds is 8. The molecule has 5 nitrogen and oxygen atoms in total. The number of hydrogen-bond acceptors (Lipinski definition) is 5. The highest BCUT2D eigenvalue weighted by Gasteiger charge is 2.07. The number of hydrogen-bond donors (Lipinski definition) is 1. The van der Waals surface area contributed by atoms with Gasteiger partial charge >= 0.3 is 11.9 Å². The van der Waals surface area contributed by atoms with Crippen molar-refractivity contribution in [1.82, 2.24) is 0 Å². The highest BCUT2D eigenvalue weighted by atomic mass is 32.2. The molecule has 0 bridgehead atoms. The van der Waals surface area contributed by atoms with Crippen LogP contribution in [0.25, 0.3) is 6.08 Å². The molecular weight excluding hydrogens is 292 g/mol. The van der Waals surface area contributed by atoms with Crippen LogP contribution < -0.4 is 4.74 Å². The molecule has 0 heterocycles. The number of carbonyl (C=O) groups is 2. The molecule has 0 saturated heterocycles.